The van der Waals surface area contributed by atoms with E-state index in [1.807, 2.05) is 13.8 Å². The minimum absolute atomic E-state index is 0.00368. The van der Waals surface area contributed by atoms with Crippen molar-refractivity contribution >= 4 is 17.7 Å². The normalized spacial score (nSPS) is 21.4. The van der Waals surface area contributed by atoms with E-state index in [4.69, 9.17) is 0 Å². The van der Waals surface area contributed by atoms with Crippen molar-refractivity contribution < 1.29 is 14.4 Å². The molecule has 0 N–H and O–H groups in total. The van der Waals surface area contributed by atoms with E-state index < -0.39 is 6.04 Å². The molecule has 0 spiro atoms. The van der Waals surface area contributed by atoms with Gasteiger partial charge < -0.3 is 14.7 Å². The monoisotopic (exact) mass is 344 g/mol. The van der Waals surface area contributed by atoms with Crippen LogP contribution in [0.5, 0.6) is 0 Å². The van der Waals surface area contributed by atoms with Gasteiger partial charge in [-0.05, 0) is 24.5 Å². The Morgan fingerprint density at radius 2 is 2.08 bits per heavy atom. The van der Waals surface area contributed by atoms with Crippen LogP contribution in [0.25, 0.3) is 0 Å². The van der Waals surface area contributed by atoms with Crippen LogP contribution in [-0.2, 0) is 9.59 Å². The number of hydrogen-bond acceptors (Lipinski definition) is 4. The molecule has 1 atom stereocenters. The fraction of sp³-hybridized carbons (Fsp3) is 0.556. The van der Waals surface area contributed by atoms with Crippen molar-refractivity contribution in [2.24, 2.45) is 5.92 Å². The van der Waals surface area contributed by atoms with Crippen LogP contribution in [0.2, 0.25) is 0 Å². The van der Waals surface area contributed by atoms with E-state index in [0.29, 0.717) is 44.1 Å². The third kappa shape index (κ3) is 3.65. The topological polar surface area (TPSA) is 73.8 Å². The van der Waals surface area contributed by atoms with Gasteiger partial charge in [0.1, 0.15) is 6.04 Å². The van der Waals surface area contributed by atoms with Crippen molar-refractivity contribution in [3.05, 3.63) is 30.1 Å². The fourth-order valence-electron chi connectivity index (χ4n) is 3.50. The van der Waals surface area contributed by atoms with E-state index in [-0.39, 0.29) is 24.3 Å². The van der Waals surface area contributed by atoms with Gasteiger partial charge in [0.25, 0.3) is 5.91 Å². The summed E-state index contributed by atoms with van der Waals surface area (Å²) in [5.41, 5.74) is 0.529. The summed E-state index contributed by atoms with van der Waals surface area (Å²) in [7, 11) is 0. The van der Waals surface area contributed by atoms with Crippen LogP contribution in [0.15, 0.2) is 24.5 Å². The third-order valence-corrected chi connectivity index (χ3v) is 4.68. The van der Waals surface area contributed by atoms with Crippen LogP contribution in [0.3, 0.4) is 0 Å². The number of fused-ring (bicyclic) bond motifs is 1. The van der Waals surface area contributed by atoms with E-state index in [1.165, 1.54) is 0 Å². The summed E-state index contributed by atoms with van der Waals surface area (Å²) in [6.45, 7) is 6.10. The Balaban J connectivity index is 1.73. The van der Waals surface area contributed by atoms with Crippen molar-refractivity contribution in [3.8, 4) is 0 Å². The van der Waals surface area contributed by atoms with Gasteiger partial charge in [-0.2, -0.15) is 0 Å². The zero-order valence-electron chi connectivity index (χ0n) is 14.7. The largest absolute Gasteiger partial charge is 0.337 e. The van der Waals surface area contributed by atoms with E-state index in [0.717, 1.165) is 0 Å². The molecule has 25 heavy (non-hydrogen) atoms. The highest BCUT2D eigenvalue weighted by Gasteiger charge is 2.41. The summed E-state index contributed by atoms with van der Waals surface area (Å²) >= 11 is 0. The van der Waals surface area contributed by atoms with Crippen LogP contribution in [0, 0.1) is 5.92 Å². The maximum Gasteiger partial charge on any atom is 0.255 e. The van der Waals surface area contributed by atoms with Crippen molar-refractivity contribution in [1.29, 1.82) is 0 Å². The van der Waals surface area contributed by atoms with Gasteiger partial charge in [-0.1, -0.05) is 13.8 Å². The zero-order chi connectivity index (χ0) is 18.0. The number of carbonyl (C=O) groups is 3. The first-order valence-corrected chi connectivity index (χ1v) is 8.75. The Labute approximate surface area is 147 Å². The zero-order valence-corrected chi connectivity index (χ0v) is 14.7. The molecule has 0 aliphatic carbocycles. The lowest BCUT2D eigenvalue weighted by atomic mass is 10.1. The molecule has 3 heterocycles. The van der Waals surface area contributed by atoms with Gasteiger partial charge in [-0.15, -0.1) is 0 Å². The third-order valence-electron chi connectivity index (χ3n) is 4.68. The molecule has 1 aromatic rings. The van der Waals surface area contributed by atoms with Crippen LogP contribution < -0.4 is 0 Å². The van der Waals surface area contributed by atoms with Crippen LogP contribution in [-0.4, -0.2) is 76.2 Å². The summed E-state index contributed by atoms with van der Waals surface area (Å²) in [4.78, 5) is 46.9. The van der Waals surface area contributed by atoms with Gasteiger partial charge in [0.2, 0.25) is 11.8 Å². The van der Waals surface area contributed by atoms with Gasteiger partial charge in [-0.3, -0.25) is 19.4 Å². The molecule has 3 amide bonds. The second-order valence-electron chi connectivity index (χ2n) is 7.04. The molecule has 0 bridgehead atoms. The second-order valence-corrected chi connectivity index (χ2v) is 7.04. The van der Waals surface area contributed by atoms with Gasteiger partial charge in [0.15, 0.2) is 0 Å². The molecule has 1 aromatic heterocycles. The highest BCUT2D eigenvalue weighted by atomic mass is 16.2. The van der Waals surface area contributed by atoms with Crippen molar-refractivity contribution in [2.45, 2.75) is 26.3 Å². The Bertz CT molecular complexity index is 662. The molecule has 7 heteroatoms. The SMILES string of the molecule is CC(C)CN1CC(=O)N2CCN(C(=O)c3cccnc3)CCC2C1=O. The molecule has 2 aliphatic rings. The number of aromatic nitrogens is 1. The highest BCUT2D eigenvalue weighted by Crippen LogP contribution is 2.20. The molecule has 7 nitrogen and oxygen atoms in total. The first-order chi connectivity index (χ1) is 12.0. The molecule has 1 unspecified atom stereocenters. The van der Waals surface area contributed by atoms with E-state index in [1.54, 1.807) is 39.2 Å². The summed E-state index contributed by atoms with van der Waals surface area (Å²) < 4.78 is 0. The Hall–Kier alpha value is -2.44. The predicted molar refractivity (Wildman–Crippen MR) is 91.7 cm³/mol. The first kappa shape index (κ1) is 17.4. The second kappa shape index (κ2) is 7.21. The molecule has 0 aromatic carbocycles. The van der Waals surface area contributed by atoms with Gasteiger partial charge in [0.05, 0.1) is 12.1 Å². The summed E-state index contributed by atoms with van der Waals surface area (Å²) in [5, 5.41) is 0. The summed E-state index contributed by atoms with van der Waals surface area (Å²) in [5.74, 6) is 0.189. The lowest BCUT2D eigenvalue weighted by Crippen LogP contribution is -2.60. The standard InChI is InChI=1S/C18H24N4O3/c1-13(2)11-21-12-16(23)22-9-8-20(7-5-15(22)18(21)25)17(24)14-4-3-6-19-10-14/h3-4,6,10,13,15H,5,7-9,11-12H2,1-2H3. The van der Waals surface area contributed by atoms with Crippen molar-refractivity contribution in [3.63, 3.8) is 0 Å². The average molecular weight is 344 g/mol. The first-order valence-electron chi connectivity index (χ1n) is 8.75. The Kier molecular flexibility index (Phi) is 5.01. The highest BCUT2D eigenvalue weighted by molar-refractivity contribution is 5.96. The molecule has 3 rings (SSSR count). The van der Waals surface area contributed by atoms with Crippen LogP contribution in [0.4, 0.5) is 0 Å². The van der Waals surface area contributed by atoms with Crippen LogP contribution in [0.1, 0.15) is 30.6 Å². The molecule has 2 fully saturated rings. The maximum atomic E-state index is 12.8. The van der Waals surface area contributed by atoms with E-state index in [2.05, 4.69) is 4.98 Å². The number of carbonyl (C=O) groups excluding carboxylic acids is 3. The molecule has 134 valence electrons. The number of amides is 3. The van der Waals surface area contributed by atoms with Gasteiger partial charge >= 0.3 is 0 Å². The molecular weight excluding hydrogens is 320 g/mol. The molecule has 0 saturated carbocycles. The number of hydrogen-bond donors (Lipinski definition) is 0. The maximum absolute atomic E-state index is 12.8. The Morgan fingerprint density at radius 3 is 2.76 bits per heavy atom. The molecule has 0 radical (unpaired) electrons. The summed E-state index contributed by atoms with van der Waals surface area (Å²) in [6, 6.07) is 3.01. The molecule has 2 aliphatic heterocycles. The minimum Gasteiger partial charge on any atom is -0.337 e. The number of piperazine rings is 1. The fourth-order valence-corrected chi connectivity index (χ4v) is 3.50. The predicted octanol–water partition coefficient (Wildman–Crippen LogP) is 0.623. The van der Waals surface area contributed by atoms with Gasteiger partial charge in [-0.25, -0.2) is 0 Å². The minimum atomic E-state index is -0.452. The Morgan fingerprint density at radius 1 is 1.28 bits per heavy atom. The lowest BCUT2D eigenvalue weighted by Gasteiger charge is -2.39. The van der Waals surface area contributed by atoms with Gasteiger partial charge in [0, 0.05) is 38.6 Å². The van der Waals surface area contributed by atoms with E-state index in [9.17, 15) is 14.4 Å². The van der Waals surface area contributed by atoms with Crippen molar-refractivity contribution in [2.75, 3.05) is 32.7 Å². The quantitative estimate of drug-likeness (QED) is 0.806. The number of rotatable bonds is 3. The number of nitrogens with zero attached hydrogens (tertiary/aromatic N) is 4. The average Bonchev–Trinajstić information content (AvgIpc) is 2.83. The number of pyridine rings is 1. The smallest absolute Gasteiger partial charge is 0.255 e. The molecular formula is C18H24N4O3. The lowest BCUT2D eigenvalue weighted by molar-refractivity contribution is -0.156. The van der Waals surface area contributed by atoms with Crippen LogP contribution >= 0.6 is 0 Å². The molecule has 2 saturated heterocycles. The summed E-state index contributed by atoms with van der Waals surface area (Å²) in [6.07, 6.45) is 3.65. The van der Waals surface area contributed by atoms with Crippen molar-refractivity contribution in [1.82, 2.24) is 19.7 Å². The van der Waals surface area contributed by atoms with E-state index >= 15 is 0 Å².